The van der Waals surface area contributed by atoms with Crippen LogP contribution in [0.2, 0.25) is 0 Å². The van der Waals surface area contributed by atoms with Crippen molar-refractivity contribution in [3.63, 3.8) is 0 Å². The molecule has 7 nitrogen and oxygen atoms in total. The molecule has 2 amide bonds. The fourth-order valence-corrected chi connectivity index (χ4v) is 2.92. The molecule has 1 aliphatic carbocycles. The van der Waals surface area contributed by atoms with Gasteiger partial charge in [0.2, 0.25) is 0 Å². The molecule has 1 aromatic heterocycles. The van der Waals surface area contributed by atoms with Gasteiger partial charge in [-0.3, -0.25) is 0 Å². The molecule has 1 saturated heterocycles. The molecule has 2 aliphatic rings. The highest BCUT2D eigenvalue weighted by atomic mass is 16.5. The first-order chi connectivity index (χ1) is 12.8. The summed E-state index contributed by atoms with van der Waals surface area (Å²) >= 11 is 0. The summed E-state index contributed by atoms with van der Waals surface area (Å²) in [4.78, 5) is 18.5. The fraction of sp³-hybridized carbons (Fsp3) is 0.368. The molecule has 7 heteroatoms. The minimum atomic E-state index is -0.173. The topological polar surface area (TPSA) is 78.5 Å². The third kappa shape index (κ3) is 4.23. The summed E-state index contributed by atoms with van der Waals surface area (Å²) in [5.41, 5.74) is 2.83. The lowest BCUT2D eigenvalue weighted by atomic mass is 10.2. The second kappa shape index (κ2) is 7.61. The van der Waals surface area contributed by atoms with E-state index in [1.54, 1.807) is 6.20 Å². The van der Waals surface area contributed by atoms with Crippen molar-refractivity contribution in [3.05, 3.63) is 42.6 Å². The summed E-state index contributed by atoms with van der Waals surface area (Å²) in [7, 11) is 0. The third-order valence-electron chi connectivity index (χ3n) is 4.45. The average molecular weight is 353 g/mol. The van der Waals surface area contributed by atoms with Gasteiger partial charge in [-0.1, -0.05) is 12.1 Å². The van der Waals surface area contributed by atoms with Crippen molar-refractivity contribution in [1.29, 1.82) is 0 Å². The lowest BCUT2D eigenvalue weighted by Gasteiger charge is -2.30. The largest absolute Gasteiger partial charge is 0.378 e. The van der Waals surface area contributed by atoms with Crippen LogP contribution in [0.1, 0.15) is 12.8 Å². The van der Waals surface area contributed by atoms with E-state index in [9.17, 15) is 4.79 Å². The van der Waals surface area contributed by atoms with Crippen LogP contribution in [0, 0.1) is 0 Å². The number of hydrogen-bond acceptors (Lipinski definition) is 5. The SMILES string of the molecule is O=C(Nc1ccc(Nc2ccccc2N2CCOCC2)nc1)NC1CC1. The average Bonchev–Trinajstić information content (AvgIpc) is 3.48. The van der Waals surface area contributed by atoms with Gasteiger partial charge in [-0.15, -0.1) is 0 Å². The van der Waals surface area contributed by atoms with Gasteiger partial charge in [0.25, 0.3) is 0 Å². The molecule has 26 heavy (non-hydrogen) atoms. The highest BCUT2D eigenvalue weighted by Gasteiger charge is 2.23. The monoisotopic (exact) mass is 353 g/mol. The van der Waals surface area contributed by atoms with Crippen LogP contribution in [0.15, 0.2) is 42.6 Å². The van der Waals surface area contributed by atoms with Crippen LogP contribution in [0.3, 0.4) is 0 Å². The number of rotatable bonds is 5. The van der Waals surface area contributed by atoms with Gasteiger partial charge in [0.1, 0.15) is 5.82 Å². The van der Waals surface area contributed by atoms with E-state index in [1.165, 1.54) is 0 Å². The molecule has 0 radical (unpaired) electrons. The number of ether oxygens (including phenoxy) is 1. The smallest absolute Gasteiger partial charge is 0.319 e. The van der Waals surface area contributed by atoms with Crippen LogP contribution < -0.4 is 20.9 Å². The van der Waals surface area contributed by atoms with Crippen molar-refractivity contribution in [1.82, 2.24) is 10.3 Å². The predicted octanol–water partition coefficient (Wildman–Crippen LogP) is 2.95. The lowest BCUT2D eigenvalue weighted by molar-refractivity contribution is 0.123. The molecule has 4 rings (SSSR count). The van der Waals surface area contributed by atoms with E-state index in [1.807, 2.05) is 30.3 Å². The van der Waals surface area contributed by atoms with E-state index in [-0.39, 0.29) is 6.03 Å². The minimum Gasteiger partial charge on any atom is -0.378 e. The number of urea groups is 1. The molecule has 0 unspecified atom stereocenters. The Hall–Kier alpha value is -2.80. The molecule has 0 atom stereocenters. The Kier molecular flexibility index (Phi) is 4.88. The zero-order valence-electron chi connectivity index (χ0n) is 14.6. The standard InChI is InChI=1S/C19H23N5O2/c25-19(21-14-5-6-14)22-15-7-8-18(20-13-15)23-16-3-1-2-4-17(16)24-9-11-26-12-10-24/h1-4,7-8,13-14H,5-6,9-12H2,(H,20,23)(H2,21,22,25). The van der Waals surface area contributed by atoms with Crippen molar-refractivity contribution in [2.24, 2.45) is 0 Å². The van der Waals surface area contributed by atoms with Gasteiger partial charge in [0.05, 0.1) is 36.5 Å². The first kappa shape index (κ1) is 16.7. The Labute approximate surface area is 152 Å². The number of para-hydroxylation sites is 2. The summed E-state index contributed by atoms with van der Waals surface area (Å²) < 4.78 is 5.44. The summed E-state index contributed by atoms with van der Waals surface area (Å²) in [6.45, 7) is 3.25. The predicted molar refractivity (Wildman–Crippen MR) is 102 cm³/mol. The number of pyridine rings is 1. The zero-order valence-corrected chi connectivity index (χ0v) is 14.6. The maximum absolute atomic E-state index is 11.8. The molecule has 2 heterocycles. The van der Waals surface area contributed by atoms with Crippen molar-refractivity contribution in [2.75, 3.05) is 41.8 Å². The zero-order chi connectivity index (χ0) is 17.8. The highest BCUT2D eigenvalue weighted by Crippen LogP contribution is 2.29. The van der Waals surface area contributed by atoms with E-state index in [2.05, 4.69) is 31.9 Å². The number of carbonyl (C=O) groups is 1. The quantitative estimate of drug-likeness (QED) is 0.770. The summed E-state index contributed by atoms with van der Waals surface area (Å²) in [6, 6.07) is 12.1. The molecule has 136 valence electrons. The number of nitrogens with one attached hydrogen (secondary N) is 3. The van der Waals surface area contributed by atoms with Crippen LogP contribution in [0.5, 0.6) is 0 Å². The van der Waals surface area contributed by atoms with Crippen molar-refractivity contribution in [2.45, 2.75) is 18.9 Å². The maximum atomic E-state index is 11.8. The number of nitrogens with zero attached hydrogens (tertiary/aromatic N) is 2. The Morgan fingerprint density at radius 2 is 1.92 bits per heavy atom. The Balaban J connectivity index is 1.41. The molecule has 0 spiro atoms. The van der Waals surface area contributed by atoms with Gasteiger partial charge in [0, 0.05) is 19.1 Å². The Bertz CT molecular complexity index is 755. The summed E-state index contributed by atoms with van der Waals surface area (Å²) in [5.74, 6) is 0.735. The number of amides is 2. The molecule has 1 saturated carbocycles. The van der Waals surface area contributed by atoms with Gasteiger partial charge in [0.15, 0.2) is 0 Å². The van der Waals surface area contributed by atoms with E-state index in [0.29, 0.717) is 11.7 Å². The first-order valence-corrected chi connectivity index (χ1v) is 9.00. The van der Waals surface area contributed by atoms with Gasteiger partial charge in [-0.2, -0.15) is 0 Å². The summed E-state index contributed by atoms with van der Waals surface area (Å²) in [6.07, 6.45) is 3.79. The molecule has 1 aliphatic heterocycles. The van der Waals surface area contributed by atoms with Crippen molar-refractivity contribution >= 4 is 28.9 Å². The highest BCUT2D eigenvalue weighted by molar-refractivity contribution is 5.89. The van der Waals surface area contributed by atoms with E-state index in [0.717, 1.165) is 56.3 Å². The fourth-order valence-electron chi connectivity index (χ4n) is 2.92. The van der Waals surface area contributed by atoms with Crippen molar-refractivity contribution < 1.29 is 9.53 Å². The second-order valence-electron chi connectivity index (χ2n) is 6.55. The molecule has 0 bridgehead atoms. The van der Waals surface area contributed by atoms with Gasteiger partial charge >= 0.3 is 6.03 Å². The van der Waals surface area contributed by atoms with Gasteiger partial charge in [-0.25, -0.2) is 9.78 Å². The van der Waals surface area contributed by atoms with E-state index < -0.39 is 0 Å². The van der Waals surface area contributed by atoms with Crippen molar-refractivity contribution in [3.8, 4) is 0 Å². The molecule has 3 N–H and O–H groups in total. The maximum Gasteiger partial charge on any atom is 0.319 e. The summed E-state index contributed by atoms with van der Waals surface area (Å²) in [5, 5.41) is 9.07. The van der Waals surface area contributed by atoms with Crippen LogP contribution in [-0.4, -0.2) is 43.4 Å². The first-order valence-electron chi connectivity index (χ1n) is 9.00. The molecular formula is C19H23N5O2. The van der Waals surface area contributed by atoms with Crippen LogP contribution in [-0.2, 0) is 4.74 Å². The number of anilines is 4. The van der Waals surface area contributed by atoms with Crippen LogP contribution >= 0.6 is 0 Å². The number of morpholine rings is 1. The second-order valence-corrected chi connectivity index (χ2v) is 6.55. The van der Waals surface area contributed by atoms with Crippen LogP contribution in [0.4, 0.5) is 27.7 Å². The Morgan fingerprint density at radius 3 is 2.65 bits per heavy atom. The van der Waals surface area contributed by atoms with E-state index >= 15 is 0 Å². The molecule has 2 aromatic rings. The minimum absolute atomic E-state index is 0.173. The number of hydrogen-bond donors (Lipinski definition) is 3. The van der Waals surface area contributed by atoms with Gasteiger partial charge in [-0.05, 0) is 37.1 Å². The normalized spacial score (nSPS) is 16.8. The van der Waals surface area contributed by atoms with Gasteiger partial charge < -0.3 is 25.6 Å². The molecule has 2 fully saturated rings. The third-order valence-corrected chi connectivity index (χ3v) is 4.45. The molecular weight excluding hydrogens is 330 g/mol. The lowest BCUT2D eigenvalue weighted by Crippen LogP contribution is -2.36. The molecule has 1 aromatic carbocycles. The number of carbonyl (C=O) groups excluding carboxylic acids is 1. The number of aromatic nitrogens is 1. The number of benzene rings is 1. The van der Waals surface area contributed by atoms with Crippen LogP contribution in [0.25, 0.3) is 0 Å². The van der Waals surface area contributed by atoms with E-state index in [4.69, 9.17) is 4.74 Å². The Morgan fingerprint density at radius 1 is 1.12 bits per heavy atom.